The molecule has 2 aromatic heterocycles. The largest absolute Gasteiger partial charge is 0.378 e. The molecule has 0 amide bonds. The number of methoxy groups -OCH3 is 1. The molecule has 0 bridgehead atoms. The summed E-state index contributed by atoms with van der Waals surface area (Å²) in [4.78, 5) is 12.9. The minimum absolute atomic E-state index is 0.0411. The Hall–Kier alpha value is -2.18. The Morgan fingerprint density at radius 1 is 1.41 bits per heavy atom. The van der Waals surface area contributed by atoms with E-state index in [4.69, 9.17) is 10.5 Å². The van der Waals surface area contributed by atoms with Crippen molar-refractivity contribution < 1.29 is 4.74 Å². The molecule has 0 saturated heterocycles. The van der Waals surface area contributed by atoms with Crippen LogP contribution < -0.4 is 11.3 Å². The topological polar surface area (TPSA) is 85.9 Å². The van der Waals surface area contributed by atoms with E-state index in [1.165, 1.54) is 0 Å². The third-order valence-corrected chi connectivity index (χ3v) is 3.87. The molecule has 0 saturated carbocycles. The maximum absolute atomic E-state index is 12.9. The first kappa shape index (κ1) is 14.7. The number of aryl methyl sites for hydroxylation is 2. The van der Waals surface area contributed by atoms with Gasteiger partial charge in [-0.1, -0.05) is 11.6 Å². The summed E-state index contributed by atoms with van der Waals surface area (Å²) in [6, 6.07) is 6.05. The molecule has 3 aromatic rings. The molecule has 0 aliphatic heterocycles. The van der Waals surface area contributed by atoms with Gasteiger partial charge in [0, 0.05) is 19.0 Å². The Kier molecular flexibility index (Phi) is 3.96. The zero-order chi connectivity index (χ0) is 15.7. The fourth-order valence-corrected chi connectivity index (χ4v) is 2.84. The summed E-state index contributed by atoms with van der Waals surface area (Å²) in [6.07, 6.45) is 0.756. The Morgan fingerprint density at radius 2 is 2.23 bits per heavy atom. The van der Waals surface area contributed by atoms with E-state index in [1.807, 2.05) is 19.1 Å². The molecule has 2 heterocycles. The second-order valence-electron chi connectivity index (χ2n) is 5.48. The van der Waals surface area contributed by atoms with Gasteiger partial charge in [-0.25, -0.2) is 0 Å². The first-order chi connectivity index (χ1) is 10.7. The number of hydrogen-bond donors (Lipinski definition) is 2. The van der Waals surface area contributed by atoms with Crippen molar-refractivity contribution in [3.8, 4) is 0 Å². The van der Waals surface area contributed by atoms with Crippen LogP contribution in [-0.2, 0) is 17.9 Å². The summed E-state index contributed by atoms with van der Waals surface area (Å²) in [5.74, 6) is 0. The Balaban J connectivity index is 2.40. The van der Waals surface area contributed by atoms with Gasteiger partial charge in [0.05, 0.1) is 23.2 Å². The highest BCUT2D eigenvalue weighted by atomic mass is 16.5. The van der Waals surface area contributed by atoms with Crippen molar-refractivity contribution >= 4 is 21.8 Å². The third-order valence-electron chi connectivity index (χ3n) is 3.87. The number of nitrogens with two attached hydrogens (primary N) is 1. The van der Waals surface area contributed by atoms with Gasteiger partial charge in [-0.2, -0.15) is 5.10 Å². The summed E-state index contributed by atoms with van der Waals surface area (Å²) in [5, 5.41) is 8.87. The number of aromatic nitrogens is 3. The Bertz CT molecular complexity index is 879. The number of pyridine rings is 1. The second kappa shape index (κ2) is 5.90. The zero-order valence-electron chi connectivity index (χ0n) is 12.8. The van der Waals surface area contributed by atoms with E-state index >= 15 is 0 Å². The molecule has 0 atom stereocenters. The molecular weight excluding hydrogens is 280 g/mol. The smallest absolute Gasteiger partial charge is 0.262 e. The average molecular weight is 300 g/mol. The van der Waals surface area contributed by atoms with Crippen molar-refractivity contribution in [2.75, 3.05) is 13.7 Å². The highest BCUT2D eigenvalue weighted by molar-refractivity contribution is 6.04. The molecule has 1 aromatic carbocycles. The lowest BCUT2D eigenvalue weighted by Crippen LogP contribution is -2.22. The van der Waals surface area contributed by atoms with Crippen LogP contribution in [0, 0.1) is 6.92 Å². The van der Waals surface area contributed by atoms with Crippen molar-refractivity contribution in [2.45, 2.75) is 26.5 Å². The average Bonchev–Trinajstić information content (AvgIpc) is 2.92. The summed E-state index contributed by atoms with van der Waals surface area (Å²) in [6.45, 7) is 3.51. The van der Waals surface area contributed by atoms with Gasteiger partial charge < -0.3 is 15.0 Å². The van der Waals surface area contributed by atoms with Crippen molar-refractivity contribution in [1.29, 1.82) is 0 Å². The quantitative estimate of drug-likeness (QED) is 0.750. The van der Waals surface area contributed by atoms with Crippen LogP contribution >= 0.6 is 0 Å². The van der Waals surface area contributed by atoms with Gasteiger partial charge in [-0.15, -0.1) is 0 Å². The van der Waals surface area contributed by atoms with Gasteiger partial charge in [0.25, 0.3) is 5.56 Å². The molecule has 6 nitrogen and oxygen atoms in total. The van der Waals surface area contributed by atoms with Crippen LogP contribution in [0.5, 0.6) is 0 Å². The van der Waals surface area contributed by atoms with E-state index in [-0.39, 0.29) is 5.56 Å². The molecule has 0 radical (unpaired) electrons. The molecule has 3 rings (SSSR count). The number of ether oxygens (including phenoxy) is 1. The third kappa shape index (κ3) is 2.30. The number of rotatable bonds is 5. The van der Waals surface area contributed by atoms with Crippen molar-refractivity contribution in [1.82, 2.24) is 14.8 Å². The van der Waals surface area contributed by atoms with E-state index in [2.05, 4.69) is 16.3 Å². The number of nitrogens with one attached hydrogen (secondary N) is 1. The first-order valence-electron chi connectivity index (χ1n) is 7.36. The maximum Gasteiger partial charge on any atom is 0.262 e. The van der Waals surface area contributed by atoms with Gasteiger partial charge in [-0.05, 0) is 32.0 Å². The molecule has 0 unspecified atom stereocenters. The number of H-pyrrole nitrogens is 1. The van der Waals surface area contributed by atoms with Crippen molar-refractivity contribution in [3.63, 3.8) is 0 Å². The normalized spacial score (nSPS) is 11.6. The van der Waals surface area contributed by atoms with Crippen molar-refractivity contribution in [3.05, 3.63) is 39.8 Å². The molecule has 0 spiro atoms. The first-order valence-corrected chi connectivity index (χ1v) is 7.36. The predicted octanol–water partition coefficient (Wildman–Crippen LogP) is 1.68. The Labute approximate surface area is 127 Å². The molecule has 6 heteroatoms. The minimum Gasteiger partial charge on any atom is -0.378 e. The molecule has 0 aliphatic rings. The van der Waals surface area contributed by atoms with Gasteiger partial charge in [0.2, 0.25) is 0 Å². The van der Waals surface area contributed by atoms with E-state index in [0.29, 0.717) is 36.3 Å². The van der Waals surface area contributed by atoms with Crippen molar-refractivity contribution in [2.24, 2.45) is 5.73 Å². The van der Waals surface area contributed by atoms with E-state index in [0.717, 1.165) is 22.9 Å². The SMILES string of the molecule is COCc1[nH]nc2c1c(=O)n(CCCN)c1ccc(C)cc21. The van der Waals surface area contributed by atoms with Crippen LogP contribution in [0.15, 0.2) is 23.0 Å². The highest BCUT2D eigenvalue weighted by Gasteiger charge is 2.16. The second-order valence-corrected chi connectivity index (χ2v) is 5.48. The zero-order valence-corrected chi connectivity index (χ0v) is 12.8. The lowest BCUT2D eigenvalue weighted by molar-refractivity contribution is 0.182. The summed E-state index contributed by atoms with van der Waals surface area (Å²) < 4.78 is 6.96. The molecular formula is C16H20N4O2. The van der Waals surface area contributed by atoms with Gasteiger partial charge >= 0.3 is 0 Å². The maximum atomic E-state index is 12.9. The Morgan fingerprint density at radius 3 is 2.95 bits per heavy atom. The lowest BCUT2D eigenvalue weighted by Gasteiger charge is -2.11. The van der Waals surface area contributed by atoms with Gasteiger partial charge in [0.1, 0.15) is 5.52 Å². The predicted molar refractivity (Wildman–Crippen MR) is 87.0 cm³/mol. The van der Waals surface area contributed by atoms with Crippen LogP contribution in [0.3, 0.4) is 0 Å². The number of aromatic amines is 1. The van der Waals surface area contributed by atoms with Crippen LogP contribution in [0.2, 0.25) is 0 Å². The minimum atomic E-state index is -0.0411. The number of hydrogen-bond acceptors (Lipinski definition) is 4. The molecule has 116 valence electrons. The van der Waals surface area contributed by atoms with E-state index < -0.39 is 0 Å². The van der Waals surface area contributed by atoms with E-state index in [9.17, 15) is 4.79 Å². The lowest BCUT2D eigenvalue weighted by atomic mass is 10.1. The van der Waals surface area contributed by atoms with Crippen LogP contribution in [0.1, 0.15) is 17.7 Å². The number of fused-ring (bicyclic) bond motifs is 3. The fourth-order valence-electron chi connectivity index (χ4n) is 2.84. The summed E-state index contributed by atoms with van der Waals surface area (Å²) in [7, 11) is 1.60. The molecule has 0 aliphatic carbocycles. The van der Waals surface area contributed by atoms with Crippen LogP contribution in [0.4, 0.5) is 0 Å². The highest BCUT2D eigenvalue weighted by Crippen LogP contribution is 2.24. The summed E-state index contributed by atoms with van der Waals surface area (Å²) >= 11 is 0. The van der Waals surface area contributed by atoms with Crippen LogP contribution in [-0.4, -0.2) is 28.4 Å². The van der Waals surface area contributed by atoms with E-state index in [1.54, 1.807) is 11.7 Å². The van der Waals surface area contributed by atoms with Crippen LogP contribution in [0.25, 0.3) is 21.8 Å². The molecule has 3 N–H and O–H groups in total. The number of nitrogens with zero attached hydrogens (tertiary/aromatic N) is 2. The monoisotopic (exact) mass is 300 g/mol. The van der Waals surface area contributed by atoms with Gasteiger partial charge in [-0.3, -0.25) is 9.89 Å². The van der Waals surface area contributed by atoms with Gasteiger partial charge in [0.15, 0.2) is 0 Å². The number of benzene rings is 1. The fraction of sp³-hybridized carbons (Fsp3) is 0.375. The molecule has 0 fully saturated rings. The summed E-state index contributed by atoms with van der Waals surface area (Å²) in [5.41, 5.74) is 9.02. The standard InChI is InChI=1S/C16H20N4O2/c1-10-4-5-13-11(8-10)15-14(12(9-22-2)18-19-15)16(21)20(13)7-3-6-17/h4-5,8H,3,6-7,9,17H2,1-2H3,(H,18,19). The molecule has 22 heavy (non-hydrogen) atoms.